The summed E-state index contributed by atoms with van der Waals surface area (Å²) in [7, 11) is -3.30. The molecule has 8 heteroatoms. The molecule has 1 N–H and O–H groups in total. The van der Waals surface area contributed by atoms with Crippen molar-refractivity contribution in [2.45, 2.75) is 37.0 Å². The molecule has 0 aliphatic rings. The molecule has 1 amide bonds. The van der Waals surface area contributed by atoms with E-state index in [1.807, 2.05) is 30.5 Å². The second-order valence-corrected chi connectivity index (χ2v) is 9.45. The molecule has 0 fully saturated rings. The van der Waals surface area contributed by atoms with E-state index in [4.69, 9.17) is 0 Å². The van der Waals surface area contributed by atoms with E-state index in [1.54, 1.807) is 49.0 Å². The predicted octanol–water partition coefficient (Wildman–Crippen LogP) is 2.49. The standard InChI is InChI=1S/C21H24N4O3S/c1-16(2)29(27,28)18-8-6-17(7-9-18)15-21(26)23-12-14-25-13-10-20(24-25)19-5-3-4-11-22-19/h3-11,13,16H,12,14-15H2,1-2H3,(H,23,26). The number of carbonyl (C=O) groups excluding carboxylic acids is 1. The van der Waals surface area contributed by atoms with Gasteiger partial charge in [-0.25, -0.2) is 8.42 Å². The van der Waals surface area contributed by atoms with E-state index in [1.165, 1.54) is 0 Å². The van der Waals surface area contributed by atoms with Gasteiger partial charge in [-0.15, -0.1) is 0 Å². The summed E-state index contributed by atoms with van der Waals surface area (Å²) in [6.07, 6.45) is 3.77. The number of benzene rings is 1. The zero-order chi connectivity index (χ0) is 20.9. The monoisotopic (exact) mass is 412 g/mol. The van der Waals surface area contributed by atoms with Gasteiger partial charge in [0.1, 0.15) is 5.69 Å². The smallest absolute Gasteiger partial charge is 0.224 e. The Hall–Kier alpha value is -3.00. The highest BCUT2D eigenvalue weighted by Gasteiger charge is 2.18. The van der Waals surface area contributed by atoms with E-state index in [2.05, 4.69) is 15.4 Å². The van der Waals surface area contributed by atoms with Crippen molar-refractivity contribution in [1.29, 1.82) is 0 Å². The summed E-state index contributed by atoms with van der Waals surface area (Å²) in [6, 6.07) is 14.0. The van der Waals surface area contributed by atoms with Crippen molar-refractivity contribution < 1.29 is 13.2 Å². The molecule has 0 unspecified atom stereocenters. The molecule has 29 heavy (non-hydrogen) atoms. The third-order valence-corrected chi connectivity index (χ3v) is 6.64. The summed E-state index contributed by atoms with van der Waals surface area (Å²) in [5, 5.41) is 6.84. The average molecular weight is 413 g/mol. The lowest BCUT2D eigenvalue weighted by Crippen LogP contribution is -2.28. The van der Waals surface area contributed by atoms with Crippen LogP contribution in [-0.2, 0) is 27.6 Å². The van der Waals surface area contributed by atoms with Crippen LogP contribution in [0, 0.1) is 0 Å². The third-order valence-electron chi connectivity index (χ3n) is 4.47. The van der Waals surface area contributed by atoms with Crippen LogP contribution in [-0.4, -0.2) is 40.9 Å². The Balaban J connectivity index is 1.49. The number of rotatable bonds is 8. The van der Waals surface area contributed by atoms with Crippen LogP contribution in [0.25, 0.3) is 11.4 Å². The minimum absolute atomic E-state index is 0.124. The quantitative estimate of drug-likeness (QED) is 0.613. The van der Waals surface area contributed by atoms with Crippen molar-refractivity contribution >= 4 is 15.7 Å². The van der Waals surface area contributed by atoms with Gasteiger partial charge in [-0.3, -0.25) is 14.5 Å². The van der Waals surface area contributed by atoms with Crippen LogP contribution in [0.4, 0.5) is 0 Å². The maximum atomic E-state index is 12.2. The fraction of sp³-hybridized carbons (Fsp3) is 0.286. The van der Waals surface area contributed by atoms with Gasteiger partial charge >= 0.3 is 0 Å². The maximum Gasteiger partial charge on any atom is 0.224 e. The van der Waals surface area contributed by atoms with Gasteiger partial charge in [0.05, 0.1) is 28.8 Å². The van der Waals surface area contributed by atoms with Crippen molar-refractivity contribution in [3.8, 4) is 11.4 Å². The fourth-order valence-electron chi connectivity index (χ4n) is 2.76. The highest BCUT2D eigenvalue weighted by atomic mass is 32.2. The summed E-state index contributed by atoms with van der Waals surface area (Å²) in [6.45, 7) is 4.29. The Morgan fingerprint density at radius 3 is 2.48 bits per heavy atom. The van der Waals surface area contributed by atoms with Crippen molar-refractivity contribution in [3.05, 3.63) is 66.5 Å². The average Bonchev–Trinajstić information content (AvgIpc) is 3.18. The Morgan fingerprint density at radius 2 is 1.83 bits per heavy atom. The number of hydrogen-bond acceptors (Lipinski definition) is 5. The molecule has 2 aromatic heterocycles. The Kier molecular flexibility index (Phi) is 6.43. The second-order valence-electron chi connectivity index (χ2n) is 6.94. The fourth-order valence-corrected chi connectivity index (χ4v) is 3.82. The zero-order valence-corrected chi connectivity index (χ0v) is 17.3. The minimum Gasteiger partial charge on any atom is -0.354 e. The molecule has 2 heterocycles. The molecular formula is C21H24N4O3S. The largest absolute Gasteiger partial charge is 0.354 e. The van der Waals surface area contributed by atoms with E-state index in [0.717, 1.165) is 17.0 Å². The van der Waals surface area contributed by atoms with Gasteiger partial charge in [-0.1, -0.05) is 18.2 Å². The van der Waals surface area contributed by atoms with Crippen molar-refractivity contribution in [1.82, 2.24) is 20.1 Å². The number of nitrogens with one attached hydrogen (secondary N) is 1. The van der Waals surface area contributed by atoms with Crippen LogP contribution in [0.2, 0.25) is 0 Å². The predicted molar refractivity (Wildman–Crippen MR) is 111 cm³/mol. The number of nitrogens with zero attached hydrogens (tertiary/aromatic N) is 3. The molecule has 7 nitrogen and oxygen atoms in total. The highest BCUT2D eigenvalue weighted by Crippen LogP contribution is 2.17. The molecule has 152 valence electrons. The number of aromatic nitrogens is 3. The van der Waals surface area contributed by atoms with Gasteiger partial charge in [0, 0.05) is 18.9 Å². The molecule has 0 atom stereocenters. The molecule has 0 spiro atoms. The first-order valence-electron chi connectivity index (χ1n) is 9.40. The van der Waals surface area contributed by atoms with Crippen LogP contribution in [0.3, 0.4) is 0 Å². The summed E-state index contributed by atoms with van der Waals surface area (Å²) < 4.78 is 26.0. The van der Waals surface area contributed by atoms with Gasteiger partial charge in [-0.2, -0.15) is 5.10 Å². The van der Waals surface area contributed by atoms with Gasteiger partial charge in [-0.05, 0) is 49.7 Å². The Bertz CT molecular complexity index is 1060. The summed E-state index contributed by atoms with van der Waals surface area (Å²) >= 11 is 0. The summed E-state index contributed by atoms with van der Waals surface area (Å²) in [5.74, 6) is -0.124. The summed E-state index contributed by atoms with van der Waals surface area (Å²) in [5.41, 5.74) is 2.35. The lowest BCUT2D eigenvalue weighted by Gasteiger charge is -2.09. The highest BCUT2D eigenvalue weighted by molar-refractivity contribution is 7.92. The normalized spacial score (nSPS) is 11.6. The Morgan fingerprint density at radius 1 is 1.07 bits per heavy atom. The minimum atomic E-state index is -3.30. The first kappa shape index (κ1) is 20.7. The van der Waals surface area contributed by atoms with Crippen molar-refractivity contribution in [2.75, 3.05) is 6.54 Å². The second kappa shape index (κ2) is 9.00. The van der Waals surface area contributed by atoms with Gasteiger partial charge in [0.15, 0.2) is 9.84 Å². The number of pyridine rings is 1. The number of hydrogen-bond donors (Lipinski definition) is 1. The number of amides is 1. The first-order chi connectivity index (χ1) is 13.9. The molecule has 0 saturated heterocycles. The Labute approximate surface area is 170 Å². The molecular weight excluding hydrogens is 388 g/mol. The topological polar surface area (TPSA) is 94.0 Å². The van der Waals surface area contributed by atoms with E-state index in [-0.39, 0.29) is 17.2 Å². The van der Waals surface area contributed by atoms with Gasteiger partial charge in [0.25, 0.3) is 0 Å². The molecule has 0 saturated carbocycles. The lowest BCUT2D eigenvalue weighted by molar-refractivity contribution is -0.120. The van der Waals surface area contributed by atoms with Gasteiger partial charge in [0.2, 0.25) is 5.91 Å². The lowest BCUT2D eigenvalue weighted by atomic mass is 10.1. The molecule has 3 rings (SSSR count). The van der Waals surface area contributed by atoms with E-state index < -0.39 is 15.1 Å². The van der Waals surface area contributed by atoms with Crippen LogP contribution in [0.1, 0.15) is 19.4 Å². The molecule has 0 radical (unpaired) electrons. The van der Waals surface area contributed by atoms with E-state index in [9.17, 15) is 13.2 Å². The number of carbonyl (C=O) groups is 1. The van der Waals surface area contributed by atoms with E-state index >= 15 is 0 Å². The van der Waals surface area contributed by atoms with E-state index in [0.29, 0.717) is 13.1 Å². The van der Waals surface area contributed by atoms with Crippen LogP contribution < -0.4 is 5.32 Å². The van der Waals surface area contributed by atoms with Crippen molar-refractivity contribution in [2.24, 2.45) is 0 Å². The molecule has 0 bridgehead atoms. The van der Waals surface area contributed by atoms with Crippen molar-refractivity contribution in [3.63, 3.8) is 0 Å². The van der Waals surface area contributed by atoms with Crippen LogP contribution >= 0.6 is 0 Å². The molecule has 0 aliphatic carbocycles. The molecule has 0 aliphatic heterocycles. The van der Waals surface area contributed by atoms with Crippen LogP contribution in [0.15, 0.2) is 65.8 Å². The molecule has 1 aromatic carbocycles. The SMILES string of the molecule is CC(C)S(=O)(=O)c1ccc(CC(=O)NCCn2ccc(-c3ccccn3)n2)cc1. The molecule has 3 aromatic rings. The van der Waals surface area contributed by atoms with Crippen LogP contribution in [0.5, 0.6) is 0 Å². The van der Waals surface area contributed by atoms with Gasteiger partial charge < -0.3 is 5.32 Å². The first-order valence-corrected chi connectivity index (χ1v) is 11.0. The summed E-state index contributed by atoms with van der Waals surface area (Å²) in [4.78, 5) is 16.7. The maximum absolute atomic E-state index is 12.2. The number of sulfone groups is 1. The third kappa shape index (κ3) is 5.29. The zero-order valence-electron chi connectivity index (χ0n) is 16.4.